The summed E-state index contributed by atoms with van der Waals surface area (Å²) in [5, 5.41) is 0. The molecule has 0 aliphatic carbocycles. The van der Waals surface area contributed by atoms with Gasteiger partial charge in [0.25, 0.3) is 0 Å². The third-order valence-electron chi connectivity index (χ3n) is 5.76. The molecule has 0 aliphatic heterocycles. The second-order valence-corrected chi connectivity index (χ2v) is 8.77. The number of carbonyl (C=O) groups excluding carboxylic acids is 2. The largest absolute Gasteiger partial charge is 0.466 e. The molecule has 4 heteroatoms. The summed E-state index contributed by atoms with van der Waals surface area (Å²) in [5.74, 6) is -0.624. The average molecular weight is 447 g/mol. The van der Waals surface area contributed by atoms with Gasteiger partial charge < -0.3 is 9.47 Å². The van der Waals surface area contributed by atoms with Crippen LogP contribution < -0.4 is 0 Å². The Kier molecular flexibility index (Phi) is 18.5. The topological polar surface area (TPSA) is 52.6 Å². The van der Waals surface area contributed by atoms with Crippen molar-refractivity contribution in [1.29, 1.82) is 0 Å². The van der Waals surface area contributed by atoms with Crippen LogP contribution in [0.15, 0.2) is 30.3 Å². The van der Waals surface area contributed by atoms with Gasteiger partial charge in [-0.05, 0) is 24.8 Å². The van der Waals surface area contributed by atoms with Gasteiger partial charge in [-0.25, -0.2) is 0 Å². The molecule has 1 aromatic rings. The second kappa shape index (κ2) is 21.0. The highest BCUT2D eigenvalue weighted by Gasteiger charge is 2.09. The quantitative estimate of drug-likeness (QED) is 0.144. The highest BCUT2D eigenvalue weighted by molar-refractivity contribution is 5.77. The zero-order chi connectivity index (χ0) is 23.1. The maximum absolute atomic E-state index is 11.8. The summed E-state index contributed by atoms with van der Waals surface area (Å²) in [5.41, 5.74) is 1.24. The van der Waals surface area contributed by atoms with Gasteiger partial charge in [-0.3, -0.25) is 9.59 Å². The summed E-state index contributed by atoms with van der Waals surface area (Å²) in [6, 6.07) is 10.1. The first-order valence-corrected chi connectivity index (χ1v) is 13.1. The number of carbonyl (C=O) groups is 2. The van der Waals surface area contributed by atoms with Crippen molar-refractivity contribution >= 4 is 11.9 Å². The zero-order valence-electron chi connectivity index (χ0n) is 20.5. The van der Waals surface area contributed by atoms with Crippen molar-refractivity contribution in [2.24, 2.45) is 0 Å². The number of aryl methyl sites for hydroxylation is 1. The first kappa shape index (κ1) is 28.2. The van der Waals surface area contributed by atoms with E-state index in [1.165, 1.54) is 76.2 Å². The first-order chi connectivity index (χ1) is 15.7. The van der Waals surface area contributed by atoms with E-state index in [0.717, 1.165) is 25.7 Å². The van der Waals surface area contributed by atoms with E-state index in [4.69, 9.17) is 9.47 Å². The van der Waals surface area contributed by atoms with Gasteiger partial charge in [0.15, 0.2) is 0 Å². The Balaban J connectivity index is 1.81. The molecule has 0 bridgehead atoms. The summed E-state index contributed by atoms with van der Waals surface area (Å²) in [6.45, 7) is 3.11. The van der Waals surface area contributed by atoms with Crippen LogP contribution in [0.5, 0.6) is 0 Å². The SMILES string of the molecule is CCCCCCCCCCCCCCCOC(=O)CCC(=O)OCCCc1ccccc1. The number of hydrogen-bond donors (Lipinski definition) is 0. The highest BCUT2D eigenvalue weighted by Crippen LogP contribution is 2.12. The molecule has 0 N–H and O–H groups in total. The minimum Gasteiger partial charge on any atom is -0.466 e. The van der Waals surface area contributed by atoms with E-state index in [-0.39, 0.29) is 24.8 Å². The Morgan fingerprint density at radius 2 is 1.03 bits per heavy atom. The van der Waals surface area contributed by atoms with Crippen LogP contribution in [0.3, 0.4) is 0 Å². The molecule has 0 spiro atoms. The highest BCUT2D eigenvalue weighted by atomic mass is 16.5. The molecule has 0 aliphatic rings. The van der Waals surface area contributed by atoms with Gasteiger partial charge in [0.1, 0.15) is 0 Å². The summed E-state index contributed by atoms with van der Waals surface area (Å²) >= 11 is 0. The number of rotatable bonds is 21. The molecule has 1 aromatic carbocycles. The van der Waals surface area contributed by atoms with Crippen molar-refractivity contribution in [3.8, 4) is 0 Å². The van der Waals surface area contributed by atoms with E-state index < -0.39 is 0 Å². The van der Waals surface area contributed by atoms with Crippen LogP contribution in [-0.2, 0) is 25.5 Å². The Morgan fingerprint density at radius 3 is 1.53 bits per heavy atom. The lowest BCUT2D eigenvalue weighted by molar-refractivity contribution is -0.150. The van der Waals surface area contributed by atoms with Crippen molar-refractivity contribution in [2.75, 3.05) is 13.2 Å². The fourth-order valence-electron chi connectivity index (χ4n) is 3.76. The number of ether oxygens (including phenoxy) is 2. The lowest BCUT2D eigenvalue weighted by Crippen LogP contribution is -2.11. The molecule has 0 amide bonds. The Morgan fingerprint density at radius 1 is 0.594 bits per heavy atom. The van der Waals surface area contributed by atoms with Crippen LogP contribution in [0.4, 0.5) is 0 Å². The molecule has 32 heavy (non-hydrogen) atoms. The maximum Gasteiger partial charge on any atom is 0.306 e. The molecule has 0 saturated heterocycles. The molecule has 182 valence electrons. The van der Waals surface area contributed by atoms with Crippen molar-refractivity contribution in [1.82, 2.24) is 0 Å². The van der Waals surface area contributed by atoms with Crippen LogP contribution in [0.1, 0.15) is 115 Å². The summed E-state index contributed by atoms with van der Waals surface area (Å²) < 4.78 is 10.4. The van der Waals surface area contributed by atoms with Gasteiger partial charge in [0, 0.05) is 0 Å². The second-order valence-electron chi connectivity index (χ2n) is 8.77. The van der Waals surface area contributed by atoms with Gasteiger partial charge in [0.05, 0.1) is 26.1 Å². The molecular formula is C28H46O4. The molecule has 0 aromatic heterocycles. The summed E-state index contributed by atoms with van der Waals surface area (Å²) in [4.78, 5) is 23.5. The molecule has 0 heterocycles. The molecule has 0 unspecified atom stereocenters. The molecule has 0 atom stereocenters. The van der Waals surface area contributed by atoms with Crippen molar-refractivity contribution in [3.63, 3.8) is 0 Å². The number of esters is 2. The minimum absolute atomic E-state index is 0.1000. The Bertz CT molecular complexity index is 570. The van der Waals surface area contributed by atoms with Gasteiger partial charge in [-0.1, -0.05) is 114 Å². The third-order valence-corrected chi connectivity index (χ3v) is 5.76. The van der Waals surface area contributed by atoms with Crippen LogP contribution >= 0.6 is 0 Å². The van der Waals surface area contributed by atoms with E-state index in [1.54, 1.807) is 0 Å². The lowest BCUT2D eigenvalue weighted by Gasteiger charge is -2.06. The van der Waals surface area contributed by atoms with Crippen LogP contribution in [0.25, 0.3) is 0 Å². The molecular weight excluding hydrogens is 400 g/mol. The van der Waals surface area contributed by atoms with Crippen molar-refractivity contribution in [2.45, 2.75) is 116 Å². The van der Waals surface area contributed by atoms with E-state index in [2.05, 4.69) is 19.1 Å². The van der Waals surface area contributed by atoms with Gasteiger partial charge in [-0.15, -0.1) is 0 Å². The predicted molar refractivity (Wildman–Crippen MR) is 132 cm³/mol. The van der Waals surface area contributed by atoms with E-state index >= 15 is 0 Å². The normalized spacial score (nSPS) is 10.8. The fraction of sp³-hybridized carbons (Fsp3) is 0.714. The number of benzene rings is 1. The van der Waals surface area contributed by atoms with Crippen LogP contribution in [0, 0.1) is 0 Å². The van der Waals surface area contributed by atoms with Crippen molar-refractivity contribution in [3.05, 3.63) is 35.9 Å². The number of hydrogen-bond acceptors (Lipinski definition) is 4. The predicted octanol–water partition coefficient (Wildman–Crippen LogP) is 7.58. The Labute approximate surface area is 196 Å². The molecule has 4 nitrogen and oxygen atoms in total. The number of unbranched alkanes of at least 4 members (excludes halogenated alkanes) is 12. The van der Waals surface area contributed by atoms with Crippen LogP contribution in [-0.4, -0.2) is 25.2 Å². The monoisotopic (exact) mass is 446 g/mol. The molecule has 0 fully saturated rings. The van der Waals surface area contributed by atoms with Gasteiger partial charge in [-0.2, -0.15) is 0 Å². The minimum atomic E-state index is -0.323. The summed E-state index contributed by atoms with van der Waals surface area (Å²) in [6.07, 6.45) is 18.7. The van der Waals surface area contributed by atoms with Gasteiger partial charge in [0.2, 0.25) is 0 Å². The molecule has 0 radical (unpaired) electrons. The zero-order valence-corrected chi connectivity index (χ0v) is 20.5. The molecule has 0 saturated carbocycles. The fourth-order valence-corrected chi connectivity index (χ4v) is 3.76. The standard InChI is InChI=1S/C28H46O4/c1-2-3-4-5-6-7-8-9-10-11-12-13-17-24-31-27(29)22-23-28(30)32-25-18-21-26-19-15-14-16-20-26/h14-16,19-20H,2-13,17-18,21-25H2,1H3. The van der Waals surface area contributed by atoms with Crippen molar-refractivity contribution < 1.29 is 19.1 Å². The Hall–Kier alpha value is -1.84. The summed E-state index contributed by atoms with van der Waals surface area (Å²) in [7, 11) is 0. The average Bonchev–Trinajstić information content (AvgIpc) is 2.81. The van der Waals surface area contributed by atoms with Gasteiger partial charge >= 0.3 is 11.9 Å². The van der Waals surface area contributed by atoms with Crippen LogP contribution in [0.2, 0.25) is 0 Å². The van der Waals surface area contributed by atoms with E-state index in [9.17, 15) is 9.59 Å². The third kappa shape index (κ3) is 17.8. The molecule has 1 rings (SSSR count). The first-order valence-electron chi connectivity index (χ1n) is 13.1. The lowest BCUT2D eigenvalue weighted by atomic mass is 10.0. The van der Waals surface area contributed by atoms with E-state index in [1.807, 2.05) is 18.2 Å². The maximum atomic E-state index is 11.8. The smallest absolute Gasteiger partial charge is 0.306 e. The van der Waals surface area contributed by atoms with E-state index in [0.29, 0.717) is 13.2 Å².